The van der Waals surface area contributed by atoms with Gasteiger partial charge in [-0.2, -0.15) is 0 Å². The summed E-state index contributed by atoms with van der Waals surface area (Å²) in [4.78, 5) is 26.9. The van der Waals surface area contributed by atoms with Crippen LogP contribution in [0.25, 0.3) is 11.4 Å². The van der Waals surface area contributed by atoms with Gasteiger partial charge in [-0.15, -0.1) is 0 Å². The Morgan fingerprint density at radius 2 is 1.75 bits per heavy atom. The molecule has 2 aliphatic heterocycles. The van der Waals surface area contributed by atoms with E-state index in [2.05, 4.69) is 34.1 Å². The third kappa shape index (κ3) is 4.03. The Kier molecular flexibility index (Phi) is 5.73. The predicted molar refractivity (Wildman–Crippen MR) is 122 cm³/mol. The molecule has 32 heavy (non-hydrogen) atoms. The first-order valence-electron chi connectivity index (χ1n) is 10.9. The highest BCUT2D eigenvalue weighted by Gasteiger charge is 2.27. The number of benzene rings is 2. The van der Waals surface area contributed by atoms with E-state index in [0.717, 1.165) is 30.8 Å². The normalized spacial score (nSPS) is 15.9. The maximum absolute atomic E-state index is 13.4. The average Bonchev–Trinajstić information content (AvgIpc) is 2.88. The summed E-state index contributed by atoms with van der Waals surface area (Å²) in [5, 5.41) is 0. The summed E-state index contributed by atoms with van der Waals surface area (Å²) in [5.74, 6) is 2.03. The smallest absolute Gasteiger partial charge is 0.259 e. The number of methoxy groups -OCH3 is 1. The van der Waals surface area contributed by atoms with E-state index in [0.29, 0.717) is 43.5 Å². The van der Waals surface area contributed by atoms with Crippen LogP contribution in [0.1, 0.15) is 21.5 Å². The van der Waals surface area contributed by atoms with E-state index in [1.54, 1.807) is 13.3 Å². The van der Waals surface area contributed by atoms with Crippen LogP contribution in [0, 0.1) is 0 Å². The number of amides is 1. The molecular formula is C25H26N4O3. The van der Waals surface area contributed by atoms with E-state index in [-0.39, 0.29) is 5.91 Å². The lowest BCUT2D eigenvalue weighted by Gasteiger charge is -2.32. The van der Waals surface area contributed by atoms with Gasteiger partial charge < -0.3 is 19.3 Å². The fraction of sp³-hybridized carbons (Fsp3) is 0.320. The largest absolute Gasteiger partial charge is 0.497 e. The first-order chi connectivity index (χ1) is 15.7. The summed E-state index contributed by atoms with van der Waals surface area (Å²) in [6, 6.07) is 16.1. The molecule has 0 N–H and O–H groups in total. The standard InChI is InChI=1S/C25H26N4O3/c1-31-21-8-6-19(7-9-21)23-26-16-22(25(30)28-12-14-32-15-13-28)24(27-23)29-11-10-18-4-2-3-5-20(18)17-29/h2-9,16H,10-15,17H2,1H3. The number of morpholine rings is 1. The van der Waals surface area contributed by atoms with Crippen molar-refractivity contribution in [2.45, 2.75) is 13.0 Å². The SMILES string of the molecule is COc1ccc(-c2ncc(C(=O)N3CCOCC3)c(N3CCc4ccccc4C3)n2)cc1. The number of ether oxygens (including phenoxy) is 2. The third-order valence-corrected chi connectivity index (χ3v) is 6.08. The van der Waals surface area contributed by atoms with Gasteiger partial charge in [0.25, 0.3) is 5.91 Å². The number of hydrogen-bond acceptors (Lipinski definition) is 6. The third-order valence-electron chi connectivity index (χ3n) is 6.08. The number of carbonyl (C=O) groups is 1. The minimum absolute atomic E-state index is 0.0385. The monoisotopic (exact) mass is 430 g/mol. The van der Waals surface area contributed by atoms with Crippen molar-refractivity contribution in [1.29, 1.82) is 0 Å². The molecule has 1 fully saturated rings. The molecule has 5 rings (SSSR count). The second-order valence-electron chi connectivity index (χ2n) is 8.00. The van der Waals surface area contributed by atoms with Gasteiger partial charge >= 0.3 is 0 Å². The molecule has 1 aromatic heterocycles. The van der Waals surface area contributed by atoms with Gasteiger partial charge in [0.15, 0.2) is 5.82 Å². The van der Waals surface area contributed by atoms with E-state index >= 15 is 0 Å². The Bertz CT molecular complexity index is 1110. The van der Waals surface area contributed by atoms with Crippen molar-refractivity contribution in [3.05, 3.63) is 71.4 Å². The van der Waals surface area contributed by atoms with Crippen LogP contribution in [-0.2, 0) is 17.7 Å². The zero-order valence-electron chi connectivity index (χ0n) is 18.2. The number of rotatable bonds is 4. The molecule has 0 aliphatic carbocycles. The molecule has 0 atom stereocenters. The van der Waals surface area contributed by atoms with Crippen molar-refractivity contribution in [3.8, 4) is 17.1 Å². The quantitative estimate of drug-likeness (QED) is 0.633. The summed E-state index contributed by atoms with van der Waals surface area (Å²) in [6.07, 6.45) is 2.60. The van der Waals surface area contributed by atoms with Crippen LogP contribution in [0.15, 0.2) is 54.7 Å². The van der Waals surface area contributed by atoms with Gasteiger partial charge in [0.1, 0.15) is 17.1 Å². The molecule has 3 heterocycles. The molecule has 1 saturated heterocycles. The van der Waals surface area contributed by atoms with Gasteiger partial charge in [-0.3, -0.25) is 4.79 Å². The number of fused-ring (bicyclic) bond motifs is 1. The maximum Gasteiger partial charge on any atom is 0.259 e. The molecule has 0 spiro atoms. The van der Waals surface area contributed by atoms with E-state index in [1.807, 2.05) is 29.2 Å². The highest BCUT2D eigenvalue weighted by molar-refractivity contribution is 5.99. The van der Waals surface area contributed by atoms with Crippen LogP contribution in [0.2, 0.25) is 0 Å². The van der Waals surface area contributed by atoms with Crippen molar-refractivity contribution >= 4 is 11.7 Å². The molecule has 0 unspecified atom stereocenters. The predicted octanol–water partition coefficient (Wildman–Crippen LogP) is 3.19. The van der Waals surface area contributed by atoms with Crippen molar-refractivity contribution < 1.29 is 14.3 Å². The lowest BCUT2D eigenvalue weighted by Crippen LogP contribution is -2.42. The zero-order chi connectivity index (χ0) is 21.9. The number of anilines is 1. The summed E-state index contributed by atoms with van der Waals surface area (Å²) in [6.45, 7) is 3.81. The lowest BCUT2D eigenvalue weighted by atomic mass is 9.99. The van der Waals surface area contributed by atoms with Gasteiger partial charge in [0, 0.05) is 37.9 Å². The second-order valence-corrected chi connectivity index (χ2v) is 8.00. The Balaban J connectivity index is 1.53. The summed E-state index contributed by atoms with van der Waals surface area (Å²) < 4.78 is 10.7. The maximum atomic E-state index is 13.4. The molecular weight excluding hydrogens is 404 g/mol. The van der Waals surface area contributed by atoms with Crippen LogP contribution in [0.3, 0.4) is 0 Å². The molecule has 7 heteroatoms. The topological polar surface area (TPSA) is 67.8 Å². The Labute approximate surface area is 187 Å². The van der Waals surface area contributed by atoms with Crippen LogP contribution in [-0.4, -0.2) is 60.7 Å². The summed E-state index contributed by atoms with van der Waals surface area (Å²) in [7, 11) is 1.64. The van der Waals surface area contributed by atoms with Crippen LogP contribution < -0.4 is 9.64 Å². The first kappa shape index (κ1) is 20.5. The molecule has 3 aromatic rings. The van der Waals surface area contributed by atoms with Crippen LogP contribution in [0.5, 0.6) is 5.75 Å². The number of carbonyl (C=O) groups excluding carboxylic acids is 1. The van der Waals surface area contributed by atoms with Gasteiger partial charge in [-0.25, -0.2) is 9.97 Å². The molecule has 2 aromatic carbocycles. The second kappa shape index (κ2) is 8.96. The molecule has 0 radical (unpaired) electrons. The minimum atomic E-state index is -0.0385. The van der Waals surface area contributed by atoms with E-state index in [4.69, 9.17) is 14.5 Å². The van der Waals surface area contributed by atoms with Crippen LogP contribution in [0.4, 0.5) is 5.82 Å². The van der Waals surface area contributed by atoms with E-state index in [1.165, 1.54) is 11.1 Å². The van der Waals surface area contributed by atoms with Crippen LogP contribution >= 0.6 is 0 Å². The van der Waals surface area contributed by atoms with E-state index < -0.39 is 0 Å². The van der Waals surface area contributed by atoms with E-state index in [9.17, 15) is 4.79 Å². The molecule has 7 nitrogen and oxygen atoms in total. The molecule has 0 saturated carbocycles. The fourth-order valence-electron chi connectivity index (χ4n) is 4.26. The number of hydrogen-bond donors (Lipinski definition) is 0. The van der Waals surface area contributed by atoms with Gasteiger partial charge in [-0.1, -0.05) is 24.3 Å². The molecule has 2 aliphatic rings. The molecule has 1 amide bonds. The summed E-state index contributed by atoms with van der Waals surface area (Å²) >= 11 is 0. The highest BCUT2D eigenvalue weighted by atomic mass is 16.5. The van der Waals surface area contributed by atoms with Crippen molar-refractivity contribution in [2.24, 2.45) is 0 Å². The van der Waals surface area contributed by atoms with Gasteiger partial charge in [0.05, 0.1) is 20.3 Å². The first-order valence-corrected chi connectivity index (χ1v) is 10.9. The van der Waals surface area contributed by atoms with Gasteiger partial charge in [0.2, 0.25) is 0 Å². The fourth-order valence-corrected chi connectivity index (χ4v) is 4.26. The number of aromatic nitrogens is 2. The summed E-state index contributed by atoms with van der Waals surface area (Å²) in [5.41, 5.74) is 4.06. The Morgan fingerprint density at radius 3 is 2.50 bits per heavy atom. The average molecular weight is 431 g/mol. The van der Waals surface area contributed by atoms with Gasteiger partial charge in [-0.05, 0) is 41.8 Å². The minimum Gasteiger partial charge on any atom is -0.497 e. The Morgan fingerprint density at radius 1 is 1.00 bits per heavy atom. The number of nitrogens with zero attached hydrogens (tertiary/aromatic N) is 4. The highest BCUT2D eigenvalue weighted by Crippen LogP contribution is 2.29. The molecule has 164 valence electrons. The van der Waals surface area contributed by atoms with Crippen molar-refractivity contribution in [1.82, 2.24) is 14.9 Å². The lowest BCUT2D eigenvalue weighted by molar-refractivity contribution is 0.0302. The Hall–Kier alpha value is -3.45. The molecule has 0 bridgehead atoms. The van der Waals surface area contributed by atoms with Crippen molar-refractivity contribution in [3.63, 3.8) is 0 Å². The van der Waals surface area contributed by atoms with Crippen molar-refractivity contribution in [2.75, 3.05) is 44.9 Å². The zero-order valence-corrected chi connectivity index (χ0v) is 18.2.